The van der Waals surface area contributed by atoms with Gasteiger partial charge in [0.25, 0.3) is 0 Å². The third kappa shape index (κ3) is 2.84. The third-order valence-corrected chi connectivity index (χ3v) is 4.23. The van der Waals surface area contributed by atoms with Gasteiger partial charge in [-0.25, -0.2) is 0 Å². The molecular formula is C17H21N3O2. The van der Waals surface area contributed by atoms with Crippen LogP contribution in [0.4, 0.5) is 11.4 Å². The van der Waals surface area contributed by atoms with E-state index in [1.165, 1.54) is 11.3 Å². The molecule has 1 N–H and O–H groups in total. The molecule has 0 saturated carbocycles. The van der Waals surface area contributed by atoms with E-state index in [1.807, 2.05) is 19.9 Å². The number of carbonyl (C=O) groups is 1. The first-order valence-corrected chi connectivity index (χ1v) is 7.60. The zero-order valence-corrected chi connectivity index (χ0v) is 13.3. The number of rotatable bonds is 3. The second-order valence-electron chi connectivity index (χ2n) is 5.90. The van der Waals surface area contributed by atoms with Gasteiger partial charge in [0.1, 0.15) is 5.76 Å². The van der Waals surface area contributed by atoms with E-state index >= 15 is 0 Å². The van der Waals surface area contributed by atoms with E-state index in [4.69, 9.17) is 4.52 Å². The van der Waals surface area contributed by atoms with Crippen molar-refractivity contribution >= 4 is 17.3 Å². The SMILES string of the molecule is Cc1noc(C)c1CC(=O)Nc1ccc2c(c1)CCCN2C. The molecular weight excluding hydrogens is 278 g/mol. The number of aromatic nitrogens is 1. The van der Waals surface area contributed by atoms with Crippen LogP contribution in [0.25, 0.3) is 0 Å². The average Bonchev–Trinajstić information content (AvgIpc) is 2.79. The molecule has 1 aliphatic rings. The zero-order chi connectivity index (χ0) is 15.7. The molecule has 1 aromatic carbocycles. The second-order valence-corrected chi connectivity index (χ2v) is 5.90. The summed E-state index contributed by atoms with van der Waals surface area (Å²) in [5.41, 5.74) is 5.06. The summed E-state index contributed by atoms with van der Waals surface area (Å²) in [6.07, 6.45) is 2.51. The molecule has 2 aromatic rings. The Morgan fingerprint density at radius 3 is 2.95 bits per heavy atom. The lowest BCUT2D eigenvalue weighted by molar-refractivity contribution is -0.115. The minimum absolute atomic E-state index is 0.0430. The number of hydrogen-bond donors (Lipinski definition) is 1. The maximum Gasteiger partial charge on any atom is 0.228 e. The van der Waals surface area contributed by atoms with Crippen LogP contribution in [0.1, 0.15) is 29.0 Å². The Labute approximate surface area is 130 Å². The van der Waals surface area contributed by atoms with Gasteiger partial charge < -0.3 is 14.7 Å². The minimum Gasteiger partial charge on any atom is -0.374 e. The van der Waals surface area contributed by atoms with Crippen LogP contribution in [0.5, 0.6) is 0 Å². The average molecular weight is 299 g/mol. The molecule has 0 radical (unpaired) electrons. The predicted molar refractivity (Wildman–Crippen MR) is 86.3 cm³/mol. The summed E-state index contributed by atoms with van der Waals surface area (Å²) >= 11 is 0. The fourth-order valence-corrected chi connectivity index (χ4v) is 2.98. The van der Waals surface area contributed by atoms with E-state index in [0.29, 0.717) is 5.76 Å². The van der Waals surface area contributed by atoms with E-state index in [1.54, 1.807) is 0 Å². The van der Waals surface area contributed by atoms with Crippen LogP contribution in [0.3, 0.4) is 0 Å². The van der Waals surface area contributed by atoms with Crippen molar-refractivity contribution < 1.29 is 9.32 Å². The molecule has 0 fully saturated rings. The van der Waals surface area contributed by atoms with Crippen LogP contribution in [0.15, 0.2) is 22.7 Å². The number of hydrogen-bond acceptors (Lipinski definition) is 4. The molecule has 0 spiro atoms. The highest BCUT2D eigenvalue weighted by Gasteiger charge is 2.16. The summed E-state index contributed by atoms with van der Waals surface area (Å²) < 4.78 is 5.10. The fraction of sp³-hybridized carbons (Fsp3) is 0.412. The number of fused-ring (bicyclic) bond motifs is 1. The Kier molecular flexibility index (Phi) is 3.88. The molecule has 0 saturated heterocycles. The fourth-order valence-electron chi connectivity index (χ4n) is 2.98. The molecule has 116 valence electrons. The van der Waals surface area contributed by atoms with Crippen molar-refractivity contribution in [2.45, 2.75) is 33.1 Å². The summed E-state index contributed by atoms with van der Waals surface area (Å²) in [6.45, 7) is 4.77. The Balaban J connectivity index is 1.72. The molecule has 1 aromatic heterocycles. The van der Waals surface area contributed by atoms with E-state index in [0.717, 1.165) is 36.3 Å². The summed E-state index contributed by atoms with van der Waals surface area (Å²) in [5, 5.41) is 6.85. The number of aryl methyl sites for hydroxylation is 3. The lowest BCUT2D eigenvalue weighted by Crippen LogP contribution is -2.24. The molecule has 5 nitrogen and oxygen atoms in total. The summed E-state index contributed by atoms with van der Waals surface area (Å²) in [5.74, 6) is 0.665. The lowest BCUT2D eigenvalue weighted by atomic mass is 10.0. The van der Waals surface area contributed by atoms with Crippen LogP contribution in [0.2, 0.25) is 0 Å². The minimum atomic E-state index is -0.0430. The maximum atomic E-state index is 12.2. The molecule has 0 atom stereocenters. The van der Waals surface area contributed by atoms with Crippen molar-refractivity contribution in [2.75, 3.05) is 23.8 Å². The summed E-state index contributed by atoms with van der Waals surface area (Å²) in [6, 6.07) is 6.13. The first-order chi connectivity index (χ1) is 10.5. The molecule has 0 unspecified atom stereocenters. The molecule has 1 aliphatic heterocycles. The van der Waals surface area contributed by atoms with Gasteiger partial charge in [-0.05, 0) is 50.5 Å². The first-order valence-electron chi connectivity index (χ1n) is 7.60. The predicted octanol–water partition coefficient (Wildman–Crippen LogP) is 2.86. The topological polar surface area (TPSA) is 58.4 Å². The highest BCUT2D eigenvalue weighted by molar-refractivity contribution is 5.92. The van der Waals surface area contributed by atoms with Gasteiger partial charge in [0.2, 0.25) is 5.91 Å². The Hall–Kier alpha value is -2.30. The van der Waals surface area contributed by atoms with E-state index < -0.39 is 0 Å². The zero-order valence-electron chi connectivity index (χ0n) is 13.3. The smallest absolute Gasteiger partial charge is 0.228 e. The molecule has 2 heterocycles. The van der Waals surface area contributed by atoms with Crippen molar-refractivity contribution in [3.8, 4) is 0 Å². The molecule has 22 heavy (non-hydrogen) atoms. The molecule has 1 amide bonds. The Morgan fingerprint density at radius 2 is 2.23 bits per heavy atom. The monoisotopic (exact) mass is 299 g/mol. The standard InChI is InChI=1S/C17H21N3O2/c1-11-15(12(2)22-19-11)10-17(21)18-14-6-7-16-13(9-14)5-4-8-20(16)3/h6-7,9H,4-5,8,10H2,1-3H3,(H,18,21). The number of carbonyl (C=O) groups excluding carboxylic acids is 1. The summed E-state index contributed by atoms with van der Waals surface area (Å²) in [4.78, 5) is 14.5. The van der Waals surface area contributed by atoms with Gasteiger partial charge in [-0.3, -0.25) is 4.79 Å². The maximum absolute atomic E-state index is 12.2. The number of nitrogens with one attached hydrogen (secondary N) is 1. The quantitative estimate of drug-likeness (QED) is 0.947. The van der Waals surface area contributed by atoms with Gasteiger partial charge in [-0.1, -0.05) is 5.16 Å². The third-order valence-electron chi connectivity index (χ3n) is 4.23. The van der Waals surface area contributed by atoms with Crippen LogP contribution < -0.4 is 10.2 Å². The van der Waals surface area contributed by atoms with Gasteiger partial charge in [-0.15, -0.1) is 0 Å². The van der Waals surface area contributed by atoms with Crippen molar-refractivity contribution in [1.29, 1.82) is 0 Å². The van der Waals surface area contributed by atoms with Gasteiger partial charge >= 0.3 is 0 Å². The van der Waals surface area contributed by atoms with Crippen molar-refractivity contribution in [2.24, 2.45) is 0 Å². The highest BCUT2D eigenvalue weighted by atomic mass is 16.5. The van der Waals surface area contributed by atoms with Crippen molar-refractivity contribution in [3.05, 3.63) is 40.8 Å². The Morgan fingerprint density at radius 1 is 1.41 bits per heavy atom. The van der Waals surface area contributed by atoms with Crippen LogP contribution in [-0.4, -0.2) is 24.7 Å². The number of anilines is 2. The number of benzene rings is 1. The first kappa shape index (κ1) is 14.6. The Bertz CT molecular complexity index is 686. The van der Waals surface area contributed by atoms with E-state index in [2.05, 4.69) is 34.6 Å². The van der Waals surface area contributed by atoms with Gasteiger partial charge in [0.05, 0.1) is 12.1 Å². The normalized spacial score (nSPS) is 13.9. The van der Waals surface area contributed by atoms with E-state index in [-0.39, 0.29) is 12.3 Å². The molecule has 0 bridgehead atoms. The van der Waals surface area contributed by atoms with Gasteiger partial charge in [0.15, 0.2) is 0 Å². The molecule has 3 rings (SSSR count). The number of nitrogens with zero attached hydrogens (tertiary/aromatic N) is 2. The number of amides is 1. The molecule has 0 aliphatic carbocycles. The van der Waals surface area contributed by atoms with Crippen LogP contribution in [-0.2, 0) is 17.6 Å². The van der Waals surface area contributed by atoms with Crippen molar-refractivity contribution in [1.82, 2.24) is 5.16 Å². The largest absolute Gasteiger partial charge is 0.374 e. The van der Waals surface area contributed by atoms with Crippen LogP contribution in [0, 0.1) is 13.8 Å². The van der Waals surface area contributed by atoms with Gasteiger partial charge in [0, 0.05) is 30.5 Å². The van der Waals surface area contributed by atoms with Crippen molar-refractivity contribution in [3.63, 3.8) is 0 Å². The van der Waals surface area contributed by atoms with Crippen LogP contribution >= 0.6 is 0 Å². The lowest BCUT2D eigenvalue weighted by Gasteiger charge is -2.27. The van der Waals surface area contributed by atoms with Gasteiger partial charge in [-0.2, -0.15) is 0 Å². The highest BCUT2D eigenvalue weighted by Crippen LogP contribution is 2.28. The molecule has 5 heteroatoms. The second kappa shape index (κ2) is 5.83. The summed E-state index contributed by atoms with van der Waals surface area (Å²) in [7, 11) is 2.10. The van der Waals surface area contributed by atoms with E-state index in [9.17, 15) is 4.79 Å².